The van der Waals surface area contributed by atoms with Gasteiger partial charge in [0, 0.05) is 10.6 Å². The Bertz CT molecular complexity index is 564. The monoisotopic (exact) mass is 276 g/mol. The molecule has 2 nitrogen and oxygen atoms in total. The Hall–Kier alpha value is -1.51. The van der Waals surface area contributed by atoms with Crippen LogP contribution in [0.2, 0.25) is 5.02 Å². The second-order valence-electron chi connectivity index (χ2n) is 4.42. The molecule has 1 atom stereocenters. The van der Waals surface area contributed by atoms with Crippen molar-refractivity contribution in [1.29, 1.82) is 0 Å². The molecule has 0 saturated heterocycles. The highest BCUT2D eigenvalue weighted by Crippen LogP contribution is 2.31. The molecule has 100 valence electrons. The molecule has 0 amide bonds. The first-order chi connectivity index (χ1) is 9.11. The van der Waals surface area contributed by atoms with Crippen LogP contribution in [-0.4, -0.2) is 5.11 Å². The number of aryl methyl sites for hydroxylation is 1. The summed E-state index contributed by atoms with van der Waals surface area (Å²) in [4.78, 5) is 0. The van der Waals surface area contributed by atoms with E-state index in [1.807, 2.05) is 42.5 Å². The van der Waals surface area contributed by atoms with Gasteiger partial charge in [0.25, 0.3) is 0 Å². The molecule has 3 heteroatoms. The first-order valence-corrected chi connectivity index (χ1v) is 6.73. The minimum atomic E-state index is -0.561. The number of ether oxygens (including phenoxy) is 1. The van der Waals surface area contributed by atoms with E-state index in [0.717, 1.165) is 28.3 Å². The van der Waals surface area contributed by atoms with Crippen LogP contribution < -0.4 is 4.74 Å². The van der Waals surface area contributed by atoms with Gasteiger partial charge in [-0.2, -0.15) is 0 Å². The summed E-state index contributed by atoms with van der Waals surface area (Å²) in [5.41, 5.74) is 1.82. The Balaban J connectivity index is 2.31. The van der Waals surface area contributed by atoms with Crippen LogP contribution in [0.15, 0.2) is 42.5 Å². The maximum absolute atomic E-state index is 9.73. The zero-order valence-corrected chi connectivity index (χ0v) is 11.8. The van der Waals surface area contributed by atoms with Crippen molar-refractivity contribution in [2.24, 2.45) is 0 Å². The van der Waals surface area contributed by atoms with Crippen molar-refractivity contribution < 1.29 is 9.84 Å². The van der Waals surface area contributed by atoms with Crippen molar-refractivity contribution in [2.45, 2.75) is 26.4 Å². The van der Waals surface area contributed by atoms with Crippen molar-refractivity contribution >= 4 is 11.6 Å². The van der Waals surface area contributed by atoms with E-state index in [2.05, 4.69) is 6.92 Å². The van der Waals surface area contributed by atoms with Crippen molar-refractivity contribution in [3.63, 3.8) is 0 Å². The predicted octanol–water partition coefficient (Wildman–Crippen LogP) is 4.75. The molecule has 19 heavy (non-hydrogen) atoms. The predicted molar refractivity (Wildman–Crippen MR) is 78.0 cm³/mol. The summed E-state index contributed by atoms with van der Waals surface area (Å²) in [7, 11) is 0. The van der Waals surface area contributed by atoms with Crippen LogP contribution in [0.5, 0.6) is 11.5 Å². The second-order valence-corrected chi connectivity index (χ2v) is 4.83. The summed E-state index contributed by atoms with van der Waals surface area (Å²) in [6, 6.07) is 13.1. The molecular formula is C16H17ClO2. The molecule has 1 unspecified atom stereocenters. The second kappa shape index (κ2) is 6.09. The zero-order chi connectivity index (χ0) is 13.8. The van der Waals surface area contributed by atoms with Gasteiger partial charge in [-0.3, -0.25) is 0 Å². The molecule has 0 aliphatic rings. The minimum Gasteiger partial charge on any atom is -0.457 e. The molecule has 2 aromatic carbocycles. The number of hydrogen-bond donors (Lipinski definition) is 1. The first-order valence-electron chi connectivity index (χ1n) is 6.35. The molecule has 2 aromatic rings. The van der Waals surface area contributed by atoms with Gasteiger partial charge in [-0.25, -0.2) is 0 Å². The lowest BCUT2D eigenvalue weighted by Gasteiger charge is -2.13. The number of para-hydroxylation sites is 1. The van der Waals surface area contributed by atoms with E-state index >= 15 is 0 Å². The van der Waals surface area contributed by atoms with E-state index < -0.39 is 6.10 Å². The number of benzene rings is 2. The van der Waals surface area contributed by atoms with Gasteiger partial charge in [0.1, 0.15) is 11.5 Å². The molecule has 0 radical (unpaired) electrons. The van der Waals surface area contributed by atoms with Gasteiger partial charge in [-0.05, 0) is 43.2 Å². The number of aliphatic hydroxyl groups excluding tert-OH is 1. The average molecular weight is 277 g/mol. The molecular weight excluding hydrogens is 260 g/mol. The van der Waals surface area contributed by atoms with Gasteiger partial charge in [-0.1, -0.05) is 36.7 Å². The van der Waals surface area contributed by atoms with Gasteiger partial charge < -0.3 is 9.84 Å². The Morgan fingerprint density at radius 1 is 1.21 bits per heavy atom. The molecule has 0 bridgehead atoms. The summed E-state index contributed by atoms with van der Waals surface area (Å²) in [6.07, 6.45) is 0.294. The van der Waals surface area contributed by atoms with Gasteiger partial charge in [0.05, 0.1) is 6.10 Å². The summed E-state index contributed by atoms with van der Waals surface area (Å²) in [5, 5.41) is 10.5. The Morgan fingerprint density at radius 3 is 2.63 bits per heavy atom. The lowest BCUT2D eigenvalue weighted by Crippen LogP contribution is -1.96. The van der Waals surface area contributed by atoms with E-state index in [-0.39, 0.29) is 0 Å². The average Bonchev–Trinajstić information content (AvgIpc) is 2.41. The van der Waals surface area contributed by atoms with E-state index in [1.165, 1.54) is 0 Å². The number of hydrogen-bond acceptors (Lipinski definition) is 2. The van der Waals surface area contributed by atoms with E-state index in [0.29, 0.717) is 5.75 Å². The van der Waals surface area contributed by atoms with Crippen LogP contribution in [0.1, 0.15) is 31.1 Å². The van der Waals surface area contributed by atoms with Gasteiger partial charge >= 0.3 is 0 Å². The summed E-state index contributed by atoms with van der Waals surface area (Å²) in [5.74, 6) is 1.40. The standard InChI is InChI=1S/C16H17ClO2/c1-3-12-10-13(8-9-15(12)17)19-16-7-5-4-6-14(16)11(2)18/h4-11,18H,3H2,1-2H3. The normalized spacial score (nSPS) is 12.2. The smallest absolute Gasteiger partial charge is 0.133 e. The van der Waals surface area contributed by atoms with Crippen molar-refractivity contribution in [3.8, 4) is 11.5 Å². The summed E-state index contributed by atoms with van der Waals surface area (Å²) < 4.78 is 5.85. The van der Waals surface area contributed by atoms with Crippen LogP contribution in [0.4, 0.5) is 0 Å². The molecule has 0 fully saturated rings. The third-order valence-electron chi connectivity index (χ3n) is 2.99. The zero-order valence-electron chi connectivity index (χ0n) is 11.1. The third-order valence-corrected chi connectivity index (χ3v) is 3.36. The van der Waals surface area contributed by atoms with Crippen LogP contribution in [0.25, 0.3) is 0 Å². The Kier molecular flexibility index (Phi) is 4.46. The molecule has 0 saturated carbocycles. The number of aliphatic hydroxyl groups is 1. The fraction of sp³-hybridized carbons (Fsp3) is 0.250. The molecule has 1 N–H and O–H groups in total. The largest absolute Gasteiger partial charge is 0.457 e. The van der Waals surface area contributed by atoms with Crippen LogP contribution in [0.3, 0.4) is 0 Å². The van der Waals surface area contributed by atoms with E-state index in [9.17, 15) is 5.11 Å². The van der Waals surface area contributed by atoms with E-state index in [4.69, 9.17) is 16.3 Å². The third kappa shape index (κ3) is 3.28. The molecule has 2 rings (SSSR count). The lowest BCUT2D eigenvalue weighted by atomic mass is 10.1. The minimum absolute atomic E-state index is 0.561. The fourth-order valence-corrected chi connectivity index (χ4v) is 2.18. The molecule has 0 aromatic heterocycles. The van der Waals surface area contributed by atoms with Gasteiger partial charge in [0.15, 0.2) is 0 Å². The number of rotatable bonds is 4. The summed E-state index contributed by atoms with van der Waals surface area (Å²) in [6.45, 7) is 3.77. The highest BCUT2D eigenvalue weighted by atomic mass is 35.5. The summed E-state index contributed by atoms with van der Waals surface area (Å²) >= 11 is 6.09. The van der Waals surface area contributed by atoms with Gasteiger partial charge in [0.2, 0.25) is 0 Å². The van der Waals surface area contributed by atoms with Crippen LogP contribution in [0, 0.1) is 0 Å². The topological polar surface area (TPSA) is 29.5 Å². The molecule has 0 heterocycles. The first kappa shape index (κ1) is 13.9. The highest BCUT2D eigenvalue weighted by Gasteiger charge is 2.09. The van der Waals surface area contributed by atoms with E-state index in [1.54, 1.807) is 6.92 Å². The Labute approximate surface area is 118 Å². The van der Waals surface area contributed by atoms with Crippen molar-refractivity contribution in [3.05, 3.63) is 58.6 Å². The lowest BCUT2D eigenvalue weighted by molar-refractivity contribution is 0.195. The maximum Gasteiger partial charge on any atom is 0.133 e. The van der Waals surface area contributed by atoms with Crippen LogP contribution in [-0.2, 0) is 6.42 Å². The Morgan fingerprint density at radius 2 is 1.95 bits per heavy atom. The molecule has 0 aliphatic heterocycles. The van der Waals surface area contributed by atoms with Crippen LogP contribution >= 0.6 is 11.6 Å². The van der Waals surface area contributed by atoms with Gasteiger partial charge in [-0.15, -0.1) is 0 Å². The van der Waals surface area contributed by atoms with Crippen molar-refractivity contribution in [2.75, 3.05) is 0 Å². The SMILES string of the molecule is CCc1cc(Oc2ccccc2C(C)O)ccc1Cl. The molecule has 0 aliphatic carbocycles. The maximum atomic E-state index is 9.73. The fourth-order valence-electron chi connectivity index (χ4n) is 1.93. The quantitative estimate of drug-likeness (QED) is 0.873. The number of halogens is 1. The molecule has 0 spiro atoms. The highest BCUT2D eigenvalue weighted by molar-refractivity contribution is 6.31. The van der Waals surface area contributed by atoms with Crippen molar-refractivity contribution in [1.82, 2.24) is 0 Å².